The molecule has 2 heterocycles. The van der Waals surface area contributed by atoms with Gasteiger partial charge in [0.1, 0.15) is 11.3 Å². The molecule has 1 aliphatic rings. The van der Waals surface area contributed by atoms with Gasteiger partial charge in [-0.1, -0.05) is 53.5 Å². The maximum absolute atomic E-state index is 13.4. The minimum Gasteiger partial charge on any atom is -0.437 e. The molecule has 4 rings (SSSR count). The second-order valence-corrected chi connectivity index (χ2v) is 10.2. The molecular formula is C28H32Cl2N4O3. The molecule has 37 heavy (non-hydrogen) atoms. The van der Waals surface area contributed by atoms with Gasteiger partial charge in [0.05, 0.1) is 24.3 Å². The third-order valence-electron chi connectivity index (χ3n) is 6.34. The number of carbonyl (C=O) groups excluding carboxylic acids is 1. The third kappa shape index (κ3) is 7.90. The van der Waals surface area contributed by atoms with Gasteiger partial charge in [-0.05, 0) is 63.0 Å². The number of hydrogen-bond donors (Lipinski definition) is 1. The minimum absolute atomic E-state index is 0.169. The highest BCUT2D eigenvalue weighted by Crippen LogP contribution is 2.32. The summed E-state index contributed by atoms with van der Waals surface area (Å²) in [5, 5.41) is 3.98. The molecule has 9 heteroatoms. The number of halogens is 2. The van der Waals surface area contributed by atoms with Crippen LogP contribution in [0.15, 0.2) is 66.9 Å². The van der Waals surface area contributed by atoms with E-state index in [0.29, 0.717) is 47.2 Å². The van der Waals surface area contributed by atoms with Crippen LogP contribution in [0.25, 0.3) is 0 Å². The Hall–Kier alpha value is -2.68. The Morgan fingerprint density at radius 2 is 1.97 bits per heavy atom. The van der Waals surface area contributed by atoms with Crippen LogP contribution in [0.4, 0.5) is 0 Å². The first-order valence-corrected chi connectivity index (χ1v) is 13.0. The Morgan fingerprint density at radius 3 is 2.70 bits per heavy atom. The number of carbonyl (C=O) groups is 1. The fourth-order valence-electron chi connectivity index (χ4n) is 4.31. The Morgan fingerprint density at radius 1 is 1.16 bits per heavy atom. The van der Waals surface area contributed by atoms with Crippen LogP contribution >= 0.6 is 23.2 Å². The van der Waals surface area contributed by atoms with Gasteiger partial charge in [-0.25, -0.2) is 4.98 Å². The van der Waals surface area contributed by atoms with Crippen molar-refractivity contribution in [2.75, 3.05) is 40.3 Å². The maximum atomic E-state index is 13.4. The van der Waals surface area contributed by atoms with Crippen molar-refractivity contribution in [1.29, 1.82) is 0 Å². The number of pyridine rings is 1. The molecule has 0 bridgehead atoms. The van der Waals surface area contributed by atoms with E-state index >= 15 is 0 Å². The summed E-state index contributed by atoms with van der Waals surface area (Å²) in [4.78, 5) is 22.3. The lowest BCUT2D eigenvalue weighted by Gasteiger charge is -2.26. The number of rotatable bonds is 11. The average Bonchev–Trinajstić information content (AvgIpc) is 3.35. The first-order chi connectivity index (χ1) is 17.9. The monoisotopic (exact) mass is 542 g/mol. The number of hydrogen-bond acceptors (Lipinski definition) is 6. The Bertz CT molecular complexity index is 1180. The van der Waals surface area contributed by atoms with Crippen LogP contribution < -0.4 is 10.1 Å². The summed E-state index contributed by atoms with van der Waals surface area (Å²) >= 11 is 12.3. The second-order valence-electron chi connectivity index (χ2n) is 9.37. The maximum Gasteiger partial charge on any atom is 0.257 e. The quantitative estimate of drug-likeness (QED) is 0.362. The van der Waals surface area contributed by atoms with E-state index in [9.17, 15) is 4.79 Å². The lowest BCUT2D eigenvalue weighted by Crippen LogP contribution is -2.46. The van der Waals surface area contributed by atoms with Crippen LogP contribution in [-0.2, 0) is 11.3 Å². The minimum atomic E-state index is -0.287. The first-order valence-electron chi connectivity index (χ1n) is 12.3. The highest BCUT2D eigenvalue weighted by atomic mass is 35.5. The van der Waals surface area contributed by atoms with Gasteiger partial charge in [0.25, 0.3) is 5.91 Å². The van der Waals surface area contributed by atoms with Crippen molar-refractivity contribution in [3.05, 3.63) is 88.0 Å². The fourth-order valence-corrected chi connectivity index (χ4v) is 4.76. The third-order valence-corrected chi connectivity index (χ3v) is 6.87. The molecule has 3 aromatic rings. The summed E-state index contributed by atoms with van der Waals surface area (Å²) in [7, 11) is 4.21. The van der Waals surface area contributed by atoms with E-state index < -0.39 is 0 Å². The molecule has 0 aliphatic carbocycles. The van der Waals surface area contributed by atoms with Crippen molar-refractivity contribution in [2.24, 2.45) is 0 Å². The summed E-state index contributed by atoms with van der Waals surface area (Å²) in [5.41, 5.74) is 1.40. The number of amides is 1. The van der Waals surface area contributed by atoms with Crippen molar-refractivity contribution in [3.63, 3.8) is 0 Å². The molecule has 1 aliphatic heterocycles. The van der Waals surface area contributed by atoms with Crippen molar-refractivity contribution in [1.82, 2.24) is 20.1 Å². The molecule has 2 atom stereocenters. The number of aromatic nitrogens is 1. The second kappa shape index (κ2) is 13.2. The van der Waals surface area contributed by atoms with Gasteiger partial charge >= 0.3 is 0 Å². The zero-order valence-electron chi connectivity index (χ0n) is 21.1. The standard InChI is InChI=1S/C28H32Cl2N4O3/c1-33(2)23-12-14-34(17-23)16-22(19-36-18-20-7-4-3-5-8-20)32-27(35)24-9-6-13-31-28(24)37-26-11-10-21(29)15-25(26)30/h3-11,13,15,22-23H,12,14,16-19H2,1-2H3,(H,32,35)/t22-,23-/m0/s1. The van der Waals surface area contributed by atoms with Crippen molar-refractivity contribution in [3.8, 4) is 11.6 Å². The van der Waals surface area contributed by atoms with Crippen LogP contribution in [0.2, 0.25) is 10.0 Å². The van der Waals surface area contributed by atoms with E-state index in [0.717, 1.165) is 25.1 Å². The topological polar surface area (TPSA) is 66.9 Å². The first kappa shape index (κ1) is 27.4. The Balaban J connectivity index is 1.45. The lowest BCUT2D eigenvalue weighted by atomic mass is 10.2. The zero-order chi connectivity index (χ0) is 26.2. The van der Waals surface area contributed by atoms with Gasteiger partial charge in [-0.15, -0.1) is 0 Å². The number of likely N-dealkylation sites (tertiary alicyclic amines) is 1. The molecule has 1 saturated heterocycles. The fraction of sp³-hybridized carbons (Fsp3) is 0.357. The number of nitrogens with one attached hydrogen (secondary N) is 1. The lowest BCUT2D eigenvalue weighted by molar-refractivity contribution is 0.0731. The smallest absolute Gasteiger partial charge is 0.257 e. The van der Waals surface area contributed by atoms with Gasteiger partial charge in [-0.2, -0.15) is 0 Å². The molecule has 196 valence electrons. The predicted molar refractivity (Wildman–Crippen MR) is 147 cm³/mol. The van der Waals surface area contributed by atoms with Gasteiger partial charge < -0.3 is 19.7 Å². The molecular weight excluding hydrogens is 511 g/mol. The SMILES string of the molecule is CN(C)[C@H]1CCN(C[C@@H](COCc2ccccc2)NC(=O)c2cccnc2Oc2ccc(Cl)cc2Cl)C1. The van der Waals surface area contributed by atoms with Gasteiger partial charge in [0, 0.05) is 30.4 Å². The molecule has 0 spiro atoms. The molecule has 2 aromatic carbocycles. The normalized spacial score (nSPS) is 16.6. The zero-order valence-corrected chi connectivity index (χ0v) is 22.6. The van der Waals surface area contributed by atoms with Crippen LogP contribution in [-0.4, -0.2) is 73.1 Å². The van der Waals surface area contributed by atoms with E-state index in [1.54, 1.807) is 36.5 Å². The molecule has 1 N–H and O–H groups in total. The van der Waals surface area contributed by atoms with Crippen molar-refractivity contribution >= 4 is 29.1 Å². The van der Waals surface area contributed by atoms with Crippen LogP contribution in [0, 0.1) is 0 Å². The summed E-state index contributed by atoms with van der Waals surface area (Å²) in [6.45, 7) is 3.47. The summed E-state index contributed by atoms with van der Waals surface area (Å²) in [5.74, 6) is 0.250. The molecule has 1 amide bonds. The summed E-state index contributed by atoms with van der Waals surface area (Å²) in [6.07, 6.45) is 2.67. The molecule has 1 fully saturated rings. The molecule has 1 aromatic heterocycles. The van der Waals surface area contributed by atoms with Crippen LogP contribution in [0.3, 0.4) is 0 Å². The number of likely N-dealkylation sites (N-methyl/N-ethyl adjacent to an activating group) is 1. The highest BCUT2D eigenvalue weighted by Gasteiger charge is 2.27. The van der Waals surface area contributed by atoms with E-state index in [1.165, 1.54) is 0 Å². The van der Waals surface area contributed by atoms with E-state index in [4.69, 9.17) is 32.7 Å². The number of nitrogens with zero attached hydrogens (tertiary/aromatic N) is 3. The number of ether oxygens (including phenoxy) is 2. The molecule has 0 radical (unpaired) electrons. The summed E-state index contributed by atoms with van der Waals surface area (Å²) < 4.78 is 11.9. The van der Waals surface area contributed by atoms with Gasteiger partial charge in [-0.3, -0.25) is 9.69 Å². The molecule has 0 unspecified atom stereocenters. The van der Waals surface area contributed by atoms with Crippen LogP contribution in [0.5, 0.6) is 11.6 Å². The van der Waals surface area contributed by atoms with E-state index in [1.807, 2.05) is 30.3 Å². The Kier molecular flexibility index (Phi) is 9.77. The summed E-state index contributed by atoms with van der Waals surface area (Å²) in [6, 6.07) is 18.6. The van der Waals surface area contributed by atoms with Crippen LogP contribution in [0.1, 0.15) is 22.3 Å². The highest BCUT2D eigenvalue weighted by molar-refractivity contribution is 6.35. The van der Waals surface area contributed by atoms with E-state index in [-0.39, 0.29) is 17.8 Å². The average molecular weight is 543 g/mol. The predicted octanol–water partition coefficient (Wildman–Crippen LogP) is 5.13. The van der Waals surface area contributed by atoms with Crippen molar-refractivity contribution < 1.29 is 14.3 Å². The van der Waals surface area contributed by atoms with Crippen molar-refractivity contribution in [2.45, 2.75) is 25.1 Å². The largest absolute Gasteiger partial charge is 0.437 e. The number of benzene rings is 2. The van der Waals surface area contributed by atoms with Gasteiger partial charge in [0.15, 0.2) is 0 Å². The molecule has 7 nitrogen and oxygen atoms in total. The van der Waals surface area contributed by atoms with E-state index in [2.05, 4.69) is 34.2 Å². The van der Waals surface area contributed by atoms with Gasteiger partial charge in [0.2, 0.25) is 5.88 Å². The Labute approximate surface area is 228 Å². The molecule has 0 saturated carbocycles.